The summed E-state index contributed by atoms with van der Waals surface area (Å²) in [4.78, 5) is 24.4. The molecule has 1 aliphatic rings. The van der Waals surface area contributed by atoms with E-state index in [1.165, 1.54) is 5.69 Å². The molecule has 3 N–H and O–H groups in total. The lowest BCUT2D eigenvalue weighted by atomic mass is 10.2. The van der Waals surface area contributed by atoms with Gasteiger partial charge in [-0.3, -0.25) is 9.78 Å². The van der Waals surface area contributed by atoms with E-state index in [4.69, 9.17) is 5.73 Å². The molecule has 1 amide bonds. The zero-order chi connectivity index (χ0) is 16.5. The van der Waals surface area contributed by atoms with Crippen LogP contribution in [0.3, 0.4) is 0 Å². The molecule has 0 bridgehead atoms. The maximum Gasteiger partial charge on any atom is 0.259 e. The van der Waals surface area contributed by atoms with E-state index in [9.17, 15) is 4.79 Å². The number of hydrogen-bond donors (Lipinski definition) is 2. The first-order chi connectivity index (χ1) is 11.7. The molecular formula is C18H19N5O. The molecule has 2 aromatic heterocycles. The number of rotatable bonds is 2. The number of para-hydroxylation sites is 1. The molecule has 0 atom stereocenters. The third-order valence-corrected chi connectivity index (χ3v) is 4.49. The van der Waals surface area contributed by atoms with E-state index in [2.05, 4.69) is 27.0 Å². The van der Waals surface area contributed by atoms with Gasteiger partial charge in [-0.1, -0.05) is 18.2 Å². The number of benzene rings is 1. The first-order valence-corrected chi connectivity index (χ1v) is 8.05. The zero-order valence-electron chi connectivity index (χ0n) is 13.3. The number of fused-ring (bicyclic) bond motifs is 1. The molecule has 0 radical (unpaired) electrons. The molecule has 3 heterocycles. The van der Waals surface area contributed by atoms with Crippen molar-refractivity contribution in [2.24, 2.45) is 0 Å². The summed E-state index contributed by atoms with van der Waals surface area (Å²) in [5, 5.41) is 0. The molecule has 0 unspecified atom stereocenters. The largest absolute Gasteiger partial charge is 0.385 e. The predicted octanol–water partition coefficient (Wildman–Crippen LogP) is 2.11. The highest BCUT2D eigenvalue weighted by Crippen LogP contribution is 2.24. The lowest BCUT2D eigenvalue weighted by Crippen LogP contribution is -2.48. The van der Waals surface area contributed by atoms with E-state index < -0.39 is 0 Å². The second-order valence-corrected chi connectivity index (χ2v) is 5.93. The molecular weight excluding hydrogens is 302 g/mol. The molecule has 0 spiro atoms. The Kier molecular flexibility index (Phi) is 3.57. The first kappa shape index (κ1) is 14.6. The van der Waals surface area contributed by atoms with Crippen LogP contribution in [0.4, 0.5) is 11.5 Å². The SMILES string of the molecule is Nc1[nH]c2cccnc2c1C(=O)N1CCN(c2ccccc2)CC1. The fourth-order valence-electron chi connectivity index (χ4n) is 3.22. The minimum atomic E-state index is -0.0508. The van der Waals surface area contributed by atoms with Crippen molar-refractivity contribution in [2.75, 3.05) is 36.8 Å². The van der Waals surface area contributed by atoms with Gasteiger partial charge < -0.3 is 20.5 Å². The molecule has 6 nitrogen and oxygen atoms in total. The summed E-state index contributed by atoms with van der Waals surface area (Å²) >= 11 is 0. The number of hydrogen-bond acceptors (Lipinski definition) is 4. The summed E-state index contributed by atoms with van der Waals surface area (Å²) in [6.45, 7) is 2.97. The van der Waals surface area contributed by atoms with Crippen molar-refractivity contribution in [3.8, 4) is 0 Å². The monoisotopic (exact) mass is 321 g/mol. The number of pyridine rings is 1. The van der Waals surface area contributed by atoms with Gasteiger partial charge in [0.15, 0.2) is 0 Å². The number of nitrogens with one attached hydrogen (secondary N) is 1. The summed E-state index contributed by atoms with van der Waals surface area (Å²) in [5.41, 5.74) is 9.14. The Labute approximate surface area is 139 Å². The fraction of sp³-hybridized carbons (Fsp3) is 0.222. The van der Waals surface area contributed by atoms with Crippen molar-refractivity contribution < 1.29 is 4.79 Å². The molecule has 122 valence electrons. The van der Waals surface area contributed by atoms with Gasteiger partial charge in [-0.2, -0.15) is 0 Å². The Hall–Kier alpha value is -3.02. The Morgan fingerprint density at radius 3 is 2.54 bits per heavy atom. The number of nitrogens with zero attached hydrogens (tertiary/aromatic N) is 3. The Balaban J connectivity index is 1.53. The second-order valence-electron chi connectivity index (χ2n) is 5.93. The van der Waals surface area contributed by atoms with E-state index in [0.29, 0.717) is 30.0 Å². The van der Waals surface area contributed by atoms with Crippen molar-refractivity contribution in [3.63, 3.8) is 0 Å². The number of nitrogens with two attached hydrogens (primary N) is 1. The first-order valence-electron chi connectivity index (χ1n) is 8.05. The van der Waals surface area contributed by atoms with Crippen molar-refractivity contribution in [1.82, 2.24) is 14.9 Å². The normalized spacial score (nSPS) is 15.0. The van der Waals surface area contributed by atoms with Gasteiger partial charge in [0, 0.05) is 38.1 Å². The number of aromatic amines is 1. The number of anilines is 2. The smallest absolute Gasteiger partial charge is 0.259 e. The minimum Gasteiger partial charge on any atom is -0.385 e. The van der Waals surface area contributed by atoms with E-state index in [1.807, 2.05) is 35.2 Å². The molecule has 1 saturated heterocycles. The van der Waals surface area contributed by atoms with E-state index in [1.54, 1.807) is 6.20 Å². The molecule has 0 saturated carbocycles. The standard InChI is InChI=1S/C18H19N5O/c19-17-15(16-14(21-17)7-4-8-20-16)18(24)23-11-9-22(10-12-23)13-5-2-1-3-6-13/h1-8,21H,9-12,19H2. The van der Waals surface area contributed by atoms with Crippen LogP contribution in [0.15, 0.2) is 48.7 Å². The lowest BCUT2D eigenvalue weighted by Gasteiger charge is -2.36. The van der Waals surface area contributed by atoms with Gasteiger partial charge in [-0.05, 0) is 24.3 Å². The van der Waals surface area contributed by atoms with Gasteiger partial charge in [0.1, 0.15) is 16.9 Å². The molecule has 24 heavy (non-hydrogen) atoms. The van der Waals surface area contributed by atoms with Crippen molar-refractivity contribution in [2.45, 2.75) is 0 Å². The number of amides is 1. The predicted molar refractivity (Wildman–Crippen MR) is 95.1 cm³/mol. The summed E-state index contributed by atoms with van der Waals surface area (Å²) in [7, 11) is 0. The van der Waals surface area contributed by atoms with Crippen LogP contribution in [0.5, 0.6) is 0 Å². The fourth-order valence-corrected chi connectivity index (χ4v) is 3.22. The maximum atomic E-state index is 12.9. The van der Waals surface area contributed by atoms with Gasteiger partial charge in [0.25, 0.3) is 5.91 Å². The molecule has 1 fully saturated rings. The number of nitrogen functional groups attached to an aromatic ring is 1. The Morgan fingerprint density at radius 1 is 1.04 bits per heavy atom. The van der Waals surface area contributed by atoms with Gasteiger partial charge in [0.2, 0.25) is 0 Å². The lowest BCUT2D eigenvalue weighted by molar-refractivity contribution is 0.0749. The summed E-state index contributed by atoms with van der Waals surface area (Å²) in [6.07, 6.45) is 1.68. The Morgan fingerprint density at radius 2 is 1.79 bits per heavy atom. The average molecular weight is 321 g/mol. The number of carbonyl (C=O) groups is 1. The van der Waals surface area contributed by atoms with E-state index in [-0.39, 0.29) is 5.91 Å². The molecule has 1 aliphatic heterocycles. The maximum absolute atomic E-state index is 12.9. The van der Waals surface area contributed by atoms with Gasteiger partial charge in [-0.25, -0.2) is 0 Å². The quantitative estimate of drug-likeness (QED) is 0.758. The van der Waals surface area contributed by atoms with Crippen LogP contribution in [0.25, 0.3) is 11.0 Å². The third kappa shape index (κ3) is 2.46. The van der Waals surface area contributed by atoms with Crippen LogP contribution in [-0.4, -0.2) is 47.0 Å². The molecule has 3 aromatic rings. The molecule has 4 rings (SSSR count). The number of H-pyrrole nitrogens is 1. The van der Waals surface area contributed by atoms with E-state index in [0.717, 1.165) is 18.6 Å². The molecule has 1 aromatic carbocycles. The van der Waals surface area contributed by atoms with Crippen molar-refractivity contribution >= 4 is 28.4 Å². The Bertz CT molecular complexity index is 866. The summed E-state index contributed by atoms with van der Waals surface area (Å²) in [5.74, 6) is 0.337. The topological polar surface area (TPSA) is 78.2 Å². The highest BCUT2D eigenvalue weighted by molar-refractivity contribution is 6.09. The summed E-state index contributed by atoms with van der Waals surface area (Å²) < 4.78 is 0. The van der Waals surface area contributed by atoms with Crippen LogP contribution >= 0.6 is 0 Å². The van der Waals surface area contributed by atoms with Crippen molar-refractivity contribution in [1.29, 1.82) is 0 Å². The third-order valence-electron chi connectivity index (χ3n) is 4.49. The summed E-state index contributed by atoms with van der Waals surface area (Å²) in [6, 6.07) is 14.0. The van der Waals surface area contributed by atoms with Crippen LogP contribution in [0.2, 0.25) is 0 Å². The van der Waals surface area contributed by atoms with Crippen LogP contribution in [0.1, 0.15) is 10.4 Å². The van der Waals surface area contributed by atoms with Crippen molar-refractivity contribution in [3.05, 3.63) is 54.2 Å². The zero-order valence-corrected chi connectivity index (χ0v) is 13.3. The van der Waals surface area contributed by atoms with E-state index >= 15 is 0 Å². The number of carbonyl (C=O) groups excluding carboxylic acids is 1. The minimum absolute atomic E-state index is 0.0508. The molecule has 6 heteroatoms. The highest BCUT2D eigenvalue weighted by atomic mass is 16.2. The highest BCUT2D eigenvalue weighted by Gasteiger charge is 2.26. The number of aromatic nitrogens is 2. The number of piperazine rings is 1. The average Bonchev–Trinajstić information content (AvgIpc) is 2.98. The second kappa shape index (κ2) is 5.88. The van der Waals surface area contributed by atoms with Crippen LogP contribution in [0, 0.1) is 0 Å². The van der Waals surface area contributed by atoms with Gasteiger partial charge in [-0.15, -0.1) is 0 Å². The molecule has 0 aliphatic carbocycles. The van der Waals surface area contributed by atoms with Crippen LogP contribution < -0.4 is 10.6 Å². The van der Waals surface area contributed by atoms with Crippen LogP contribution in [-0.2, 0) is 0 Å². The van der Waals surface area contributed by atoms with Gasteiger partial charge in [0.05, 0.1) is 5.52 Å². The van der Waals surface area contributed by atoms with Gasteiger partial charge >= 0.3 is 0 Å².